The maximum Gasteiger partial charge on any atom is 0.306 e. The van der Waals surface area contributed by atoms with Gasteiger partial charge in [0.1, 0.15) is 19.8 Å². The van der Waals surface area contributed by atoms with E-state index in [1.807, 2.05) is 21.1 Å². The predicted molar refractivity (Wildman–Crippen MR) is 328 cm³/mol. The van der Waals surface area contributed by atoms with Crippen LogP contribution in [-0.4, -0.2) is 70.0 Å². The molecule has 9 nitrogen and oxygen atoms in total. The van der Waals surface area contributed by atoms with Gasteiger partial charge in [0.05, 0.1) is 27.7 Å². The second-order valence-corrected chi connectivity index (χ2v) is 24.9. The molecule has 0 bridgehead atoms. The molecule has 0 heterocycles. The standard InChI is InChI=1S/C67H126NO8P/c1-6-8-10-12-14-16-18-20-22-24-26-27-28-29-30-31-32-33-34-35-36-37-38-39-40-41-42-44-46-48-50-52-54-56-58-60-67(70)76-65(64-75-77(71,72)74-62-61-68(3,4)5)63-73-66(69)59-57-55-53-51-49-47-45-43-25-23-21-19-17-15-13-11-9-7-2/h8,10,14,16,20,22,26-27,65H,6-7,9,11-13,15,17-19,21,23-25,28-64H2,1-5H3/b10-8-,16-14-,22-20-,27-26-. The fraction of sp³-hybridized carbons (Fsp3) is 0.851. The molecule has 0 aliphatic heterocycles. The molecule has 0 fully saturated rings. The highest BCUT2D eigenvalue weighted by Crippen LogP contribution is 2.38. The molecule has 0 radical (unpaired) electrons. The number of quaternary nitrogens is 1. The number of ether oxygens (including phenoxy) is 2. The van der Waals surface area contributed by atoms with Gasteiger partial charge in [-0.05, 0) is 51.4 Å². The molecule has 0 saturated carbocycles. The van der Waals surface area contributed by atoms with Gasteiger partial charge in [-0.2, -0.15) is 0 Å². The van der Waals surface area contributed by atoms with E-state index < -0.39 is 26.5 Å². The third kappa shape index (κ3) is 63.0. The van der Waals surface area contributed by atoms with Crippen LogP contribution in [0.4, 0.5) is 0 Å². The van der Waals surface area contributed by atoms with Crippen LogP contribution >= 0.6 is 7.82 Å². The Morgan fingerprint density at radius 3 is 1.10 bits per heavy atom. The average Bonchev–Trinajstić information content (AvgIpc) is 3.39. The van der Waals surface area contributed by atoms with Crippen LogP contribution in [0.25, 0.3) is 0 Å². The van der Waals surface area contributed by atoms with E-state index in [1.54, 1.807) is 0 Å². The van der Waals surface area contributed by atoms with Gasteiger partial charge in [0, 0.05) is 12.8 Å². The largest absolute Gasteiger partial charge is 0.756 e. The Hall–Kier alpha value is -2.03. The molecule has 0 aromatic carbocycles. The van der Waals surface area contributed by atoms with Gasteiger partial charge < -0.3 is 27.9 Å². The van der Waals surface area contributed by atoms with Gasteiger partial charge in [-0.3, -0.25) is 14.2 Å². The molecule has 10 heteroatoms. The minimum atomic E-state index is -4.63. The number of hydrogen-bond donors (Lipinski definition) is 0. The van der Waals surface area contributed by atoms with Gasteiger partial charge >= 0.3 is 11.9 Å². The number of phosphoric ester groups is 1. The number of nitrogens with zero attached hydrogens (tertiary/aromatic N) is 1. The smallest absolute Gasteiger partial charge is 0.306 e. The summed E-state index contributed by atoms with van der Waals surface area (Å²) in [5.41, 5.74) is 0. The van der Waals surface area contributed by atoms with Crippen LogP contribution in [0, 0.1) is 0 Å². The monoisotopic (exact) mass is 1100 g/mol. The predicted octanol–water partition coefficient (Wildman–Crippen LogP) is 20.2. The quantitative estimate of drug-likeness (QED) is 0.0195. The number of likely N-dealkylation sites (N-methyl/N-ethyl adjacent to an activating group) is 1. The van der Waals surface area contributed by atoms with Crippen LogP contribution in [0.5, 0.6) is 0 Å². The van der Waals surface area contributed by atoms with Crippen molar-refractivity contribution in [1.29, 1.82) is 0 Å². The molecule has 0 aliphatic rings. The summed E-state index contributed by atoms with van der Waals surface area (Å²) in [7, 11) is 1.18. The lowest BCUT2D eigenvalue weighted by Crippen LogP contribution is -2.37. The lowest BCUT2D eigenvalue weighted by Gasteiger charge is -2.28. The third-order valence-corrected chi connectivity index (χ3v) is 15.6. The highest BCUT2D eigenvalue weighted by molar-refractivity contribution is 7.45. The Morgan fingerprint density at radius 2 is 0.740 bits per heavy atom. The molecule has 0 rings (SSSR count). The Balaban J connectivity index is 3.97. The van der Waals surface area contributed by atoms with Gasteiger partial charge in [-0.15, -0.1) is 0 Å². The fourth-order valence-electron chi connectivity index (χ4n) is 9.59. The van der Waals surface area contributed by atoms with Crippen LogP contribution < -0.4 is 4.89 Å². The average molecular weight is 1100 g/mol. The Morgan fingerprint density at radius 1 is 0.416 bits per heavy atom. The molecular weight excluding hydrogens is 978 g/mol. The van der Waals surface area contributed by atoms with Gasteiger partial charge in [0.15, 0.2) is 6.10 Å². The van der Waals surface area contributed by atoms with Crippen LogP contribution in [-0.2, 0) is 32.7 Å². The van der Waals surface area contributed by atoms with E-state index in [0.717, 1.165) is 57.8 Å². The SMILES string of the molecule is CC/C=C\C/C=C\C/C=C\C/C=C\CCCCCCCCCCCCCCCCCCCCCCCCC(=O)OC(COC(=O)CCCCCCCCCCCCCCCCCCCC)COP(=O)([O-])OCC[N+](C)(C)C. The zero-order chi connectivity index (χ0) is 56.3. The van der Waals surface area contributed by atoms with Crippen molar-refractivity contribution in [2.24, 2.45) is 0 Å². The molecule has 0 aromatic rings. The highest BCUT2D eigenvalue weighted by Gasteiger charge is 2.22. The number of rotatable bonds is 61. The van der Waals surface area contributed by atoms with E-state index in [2.05, 4.69) is 62.5 Å². The lowest BCUT2D eigenvalue weighted by molar-refractivity contribution is -0.870. The minimum absolute atomic E-state index is 0.0278. The number of phosphoric acid groups is 1. The first kappa shape index (κ1) is 75.0. The van der Waals surface area contributed by atoms with Crippen molar-refractivity contribution < 1.29 is 42.1 Å². The second-order valence-electron chi connectivity index (χ2n) is 23.5. The van der Waals surface area contributed by atoms with Crippen molar-refractivity contribution in [1.82, 2.24) is 0 Å². The first-order valence-electron chi connectivity index (χ1n) is 32.8. The summed E-state index contributed by atoms with van der Waals surface area (Å²) in [6.45, 7) is 4.18. The van der Waals surface area contributed by atoms with E-state index >= 15 is 0 Å². The van der Waals surface area contributed by atoms with Crippen molar-refractivity contribution in [3.63, 3.8) is 0 Å². The molecular formula is C67H126NO8P. The number of allylic oxidation sites excluding steroid dienone is 8. The summed E-state index contributed by atoms with van der Waals surface area (Å²) in [4.78, 5) is 37.9. The molecule has 452 valence electrons. The van der Waals surface area contributed by atoms with Crippen molar-refractivity contribution in [2.45, 2.75) is 322 Å². The molecule has 0 saturated heterocycles. The molecule has 2 unspecified atom stereocenters. The van der Waals surface area contributed by atoms with Crippen molar-refractivity contribution >= 4 is 19.8 Å². The third-order valence-electron chi connectivity index (χ3n) is 14.6. The van der Waals surface area contributed by atoms with Crippen LogP contribution in [0.3, 0.4) is 0 Å². The zero-order valence-corrected chi connectivity index (χ0v) is 52.3. The Kier molecular flexibility index (Phi) is 57.1. The Bertz CT molecular complexity index is 1440. The lowest BCUT2D eigenvalue weighted by atomic mass is 10.0. The number of hydrogen-bond acceptors (Lipinski definition) is 8. The summed E-state index contributed by atoms with van der Waals surface area (Å²) in [5, 5.41) is 0. The van der Waals surface area contributed by atoms with Crippen molar-refractivity contribution in [3.05, 3.63) is 48.6 Å². The van der Waals surface area contributed by atoms with Gasteiger partial charge in [-0.25, -0.2) is 0 Å². The topological polar surface area (TPSA) is 111 Å². The molecule has 0 aromatic heterocycles. The molecule has 77 heavy (non-hydrogen) atoms. The minimum Gasteiger partial charge on any atom is -0.756 e. The Labute approximate surface area is 477 Å². The van der Waals surface area contributed by atoms with E-state index in [0.29, 0.717) is 17.4 Å². The van der Waals surface area contributed by atoms with Crippen LogP contribution in [0.1, 0.15) is 316 Å². The number of carbonyl (C=O) groups excluding carboxylic acids is 2. The van der Waals surface area contributed by atoms with Crippen molar-refractivity contribution in [2.75, 3.05) is 47.5 Å². The van der Waals surface area contributed by atoms with E-state index in [9.17, 15) is 19.0 Å². The maximum absolute atomic E-state index is 12.8. The second kappa shape index (κ2) is 58.6. The van der Waals surface area contributed by atoms with Gasteiger partial charge in [0.2, 0.25) is 0 Å². The molecule has 0 aliphatic carbocycles. The summed E-state index contributed by atoms with van der Waals surface area (Å²) in [6, 6.07) is 0. The first-order valence-corrected chi connectivity index (χ1v) is 34.3. The summed E-state index contributed by atoms with van der Waals surface area (Å²) in [6.07, 6.45) is 74.7. The molecule has 0 N–H and O–H groups in total. The molecule has 2 atom stereocenters. The molecule has 0 amide bonds. The van der Waals surface area contributed by atoms with E-state index in [4.69, 9.17) is 18.5 Å². The van der Waals surface area contributed by atoms with E-state index in [1.165, 1.54) is 225 Å². The van der Waals surface area contributed by atoms with Gasteiger partial charge in [-0.1, -0.05) is 300 Å². The summed E-state index contributed by atoms with van der Waals surface area (Å²) >= 11 is 0. The summed E-state index contributed by atoms with van der Waals surface area (Å²) < 4.78 is 34.3. The number of unbranched alkanes of at least 4 members (excludes halogenated alkanes) is 39. The number of carbonyl (C=O) groups is 2. The van der Waals surface area contributed by atoms with Crippen LogP contribution in [0.2, 0.25) is 0 Å². The fourth-order valence-corrected chi connectivity index (χ4v) is 10.3. The van der Waals surface area contributed by atoms with Crippen molar-refractivity contribution in [3.8, 4) is 0 Å². The summed E-state index contributed by atoms with van der Waals surface area (Å²) in [5.74, 6) is -0.813. The van der Waals surface area contributed by atoms with Crippen LogP contribution in [0.15, 0.2) is 48.6 Å². The first-order chi connectivity index (χ1) is 37.5. The highest BCUT2D eigenvalue weighted by atomic mass is 31.2. The normalized spacial score (nSPS) is 13.5. The number of esters is 2. The zero-order valence-electron chi connectivity index (χ0n) is 51.4. The molecule has 0 spiro atoms. The maximum atomic E-state index is 12.8. The van der Waals surface area contributed by atoms with E-state index in [-0.39, 0.29) is 32.0 Å². The van der Waals surface area contributed by atoms with Gasteiger partial charge in [0.25, 0.3) is 7.82 Å².